The summed E-state index contributed by atoms with van der Waals surface area (Å²) in [7, 11) is 0. The lowest BCUT2D eigenvalue weighted by Crippen LogP contribution is -2.22. The van der Waals surface area contributed by atoms with Crippen LogP contribution >= 0.6 is 27.3 Å². The molecule has 0 radical (unpaired) electrons. The predicted molar refractivity (Wildman–Crippen MR) is 84.7 cm³/mol. The SMILES string of the molecule is Cc1ccc(C(=O)n2c(=O)sc3cc(Br)ccc32)cc1. The highest BCUT2D eigenvalue weighted by Crippen LogP contribution is 2.22. The lowest BCUT2D eigenvalue weighted by atomic mass is 10.1. The number of nitrogens with zero attached hydrogens (tertiary/aromatic N) is 1. The predicted octanol–water partition coefficient (Wildman–Crippen LogP) is 3.82. The Morgan fingerprint density at radius 3 is 2.55 bits per heavy atom. The second-order valence-corrected chi connectivity index (χ2v) is 6.40. The quantitative estimate of drug-likeness (QED) is 0.671. The maximum Gasteiger partial charge on any atom is 0.315 e. The van der Waals surface area contributed by atoms with E-state index in [1.165, 1.54) is 4.57 Å². The first-order valence-corrected chi connectivity index (χ1v) is 7.60. The largest absolute Gasteiger partial charge is 0.315 e. The van der Waals surface area contributed by atoms with Gasteiger partial charge in [0, 0.05) is 10.0 Å². The number of hydrogen-bond donors (Lipinski definition) is 0. The standard InChI is InChI=1S/C15H10BrNO2S/c1-9-2-4-10(5-3-9)14(18)17-12-7-6-11(16)8-13(12)20-15(17)19/h2-8H,1H3. The van der Waals surface area contributed by atoms with Gasteiger partial charge in [0.2, 0.25) is 0 Å². The topological polar surface area (TPSA) is 39.1 Å². The van der Waals surface area contributed by atoms with Crippen LogP contribution in [0.1, 0.15) is 15.9 Å². The highest BCUT2D eigenvalue weighted by atomic mass is 79.9. The van der Waals surface area contributed by atoms with Crippen molar-refractivity contribution in [2.24, 2.45) is 0 Å². The van der Waals surface area contributed by atoms with Gasteiger partial charge in [0.15, 0.2) is 0 Å². The summed E-state index contributed by atoms with van der Waals surface area (Å²) in [6.07, 6.45) is 0. The Labute approximate surface area is 127 Å². The summed E-state index contributed by atoms with van der Waals surface area (Å²) in [6.45, 7) is 1.96. The lowest BCUT2D eigenvalue weighted by molar-refractivity contribution is 0.0962. The van der Waals surface area contributed by atoms with Crippen molar-refractivity contribution in [2.75, 3.05) is 0 Å². The first-order chi connectivity index (χ1) is 9.56. The number of rotatable bonds is 1. The summed E-state index contributed by atoms with van der Waals surface area (Å²) < 4.78 is 2.92. The molecule has 0 amide bonds. The van der Waals surface area contributed by atoms with E-state index in [-0.39, 0.29) is 10.8 Å². The van der Waals surface area contributed by atoms with Crippen LogP contribution in [0.15, 0.2) is 51.7 Å². The van der Waals surface area contributed by atoms with Crippen LogP contribution in [0.25, 0.3) is 10.2 Å². The molecule has 0 fully saturated rings. The third-order valence-electron chi connectivity index (χ3n) is 3.04. The minimum Gasteiger partial charge on any atom is -0.268 e. The van der Waals surface area contributed by atoms with Crippen molar-refractivity contribution < 1.29 is 4.79 Å². The van der Waals surface area contributed by atoms with Gasteiger partial charge in [-0.25, -0.2) is 4.57 Å². The third-order valence-corrected chi connectivity index (χ3v) is 4.44. The molecule has 0 saturated carbocycles. The smallest absolute Gasteiger partial charge is 0.268 e. The molecule has 0 aliphatic heterocycles. The van der Waals surface area contributed by atoms with Gasteiger partial charge >= 0.3 is 4.87 Å². The Morgan fingerprint density at radius 2 is 1.85 bits per heavy atom. The summed E-state index contributed by atoms with van der Waals surface area (Å²) in [6, 6.07) is 12.7. The first kappa shape index (κ1) is 13.3. The molecule has 1 aromatic heterocycles. The summed E-state index contributed by atoms with van der Waals surface area (Å²) in [5.74, 6) is -0.288. The fourth-order valence-corrected chi connectivity index (χ4v) is 3.43. The highest BCUT2D eigenvalue weighted by molar-refractivity contribution is 9.10. The number of aromatic nitrogens is 1. The number of thiazole rings is 1. The maximum absolute atomic E-state index is 12.5. The van der Waals surface area contributed by atoms with E-state index in [2.05, 4.69) is 15.9 Å². The molecule has 3 nitrogen and oxygen atoms in total. The molecule has 3 rings (SSSR count). The number of hydrogen-bond acceptors (Lipinski definition) is 3. The monoisotopic (exact) mass is 347 g/mol. The van der Waals surface area contributed by atoms with Crippen LogP contribution in [0, 0.1) is 6.92 Å². The molecule has 20 heavy (non-hydrogen) atoms. The number of benzene rings is 2. The van der Waals surface area contributed by atoms with Crippen LogP contribution in [0.5, 0.6) is 0 Å². The minimum atomic E-state index is -0.288. The Kier molecular flexibility index (Phi) is 3.31. The fourth-order valence-electron chi connectivity index (χ4n) is 2.01. The molecule has 0 N–H and O–H groups in total. The summed E-state index contributed by atoms with van der Waals surface area (Å²) in [5, 5.41) is 0. The van der Waals surface area contributed by atoms with E-state index >= 15 is 0 Å². The molecule has 0 saturated heterocycles. The van der Waals surface area contributed by atoms with Crippen molar-refractivity contribution in [3.63, 3.8) is 0 Å². The van der Waals surface area contributed by atoms with Gasteiger partial charge < -0.3 is 0 Å². The molecule has 0 aliphatic carbocycles. The van der Waals surface area contributed by atoms with Gasteiger partial charge in [0.1, 0.15) is 0 Å². The molecule has 0 aliphatic rings. The zero-order valence-electron chi connectivity index (χ0n) is 10.6. The zero-order valence-corrected chi connectivity index (χ0v) is 13.0. The van der Waals surface area contributed by atoms with Gasteiger partial charge in [-0.3, -0.25) is 9.59 Å². The molecule has 100 valence electrons. The van der Waals surface area contributed by atoms with Gasteiger partial charge in [-0.15, -0.1) is 0 Å². The van der Waals surface area contributed by atoms with Crippen molar-refractivity contribution in [1.29, 1.82) is 0 Å². The Bertz CT molecular complexity index is 862. The molecule has 3 aromatic rings. The normalized spacial score (nSPS) is 10.9. The van der Waals surface area contributed by atoms with Crippen LogP contribution in [0.3, 0.4) is 0 Å². The summed E-state index contributed by atoms with van der Waals surface area (Å²) in [4.78, 5) is 24.3. The van der Waals surface area contributed by atoms with Gasteiger partial charge in [0.25, 0.3) is 5.91 Å². The van der Waals surface area contributed by atoms with Crippen molar-refractivity contribution in [3.8, 4) is 0 Å². The number of carbonyl (C=O) groups is 1. The Hall–Kier alpha value is -1.72. The van der Waals surface area contributed by atoms with E-state index in [1.807, 2.05) is 31.2 Å². The van der Waals surface area contributed by atoms with Crippen LogP contribution in [0.2, 0.25) is 0 Å². The summed E-state index contributed by atoms with van der Waals surface area (Å²) >= 11 is 4.44. The molecule has 0 spiro atoms. The first-order valence-electron chi connectivity index (χ1n) is 5.99. The fraction of sp³-hybridized carbons (Fsp3) is 0.0667. The van der Waals surface area contributed by atoms with Crippen LogP contribution in [0.4, 0.5) is 0 Å². The molecule has 5 heteroatoms. The Morgan fingerprint density at radius 1 is 1.15 bits per heavy atom. The Balaban J connectivity index is 2.19. The molecular weight excluding hydrogens is 338 g/mol. The third kappa shape index (κ3) is 2.23. The molecule has 2 aromatic carbocycles. The van der Waals surface area contributed by atoms with E-state index < -0.39 is 0 Å². The van der Waals surface area contributed by atoms with Crippen LogP contribution in [-0.4, -0.2) is 10.5 Å². The van der Waals surface area contributed by atoms with Gasteiger partial charge in [0.05, 0.1) is 10.2 Å². The van der Waals surface area contributed by atoms with E-state index in [4.69, 9.17) is 0 Å². The van der Waals surface area contributed by atoms with Crippen molar-refractivity contribution >= 4 is 43.4 Å². The van der Waals surface area contributed by atoms with Crippen molar-refractivity contribution in [3.05, 3.63) is 67.7 Å². The number of aryl methyl sites for hydroxylation is 1. The minimum absolute atomic E-state index is 0.260. The van der Waals surface area contributed by atoms with Crippen molar-refractivity contribution in [1.82, 2.24) is 4.57 Å². The van der Waals surface area contributed by atoms with Crippen molar-refractivity contribution in [2.45, 2.75) is 6.92 Å². The van der Waals surface area contributed by atoms with Crippen LogP contribution < -0.4 is 4.87 Å². The van der Waals surface area contributed by atoms with E-state index in [0.29, 0.717) is 11.1 Å². The number of carbonyl (C=O) groups excluding carboxylic acids is 1. The van der Waals surface area contributed by atoms with Gasteiger partial charge in [-0.1, -0.05) is 45.0 Å². The second kappa shape index (κ2) is 5.00. The zero-order chi connectivity index (χ0) is 14.3. The van der Waals surface area contributed by atoms with E-state index in [9.17, 15) is 9.59 Å². The highest BCUT2D eigenvalue weighted by Gasteiger charge is 2.16. The molecular formula is C15H10BrNO2S. The number of halogens is 1. The summed E-state index contributed by atoms with van der Waals surface area (Å²) in [5.41, 5.74) is 2.24. The molecule has 0 atom stereocenters. The molecule has 0 unspecified atom stereocenters. The van der Waals surface area contributed by atoms with Gasteiger partial charge in [-0.05, 0) is 37.3 Å². The molecule has 1 heterocycles. The van der Waals surface area contributed by atoms with E-state index in [0.717, 1.165) is 26.1 Å². The average molecular weight is 348 g/mol. The van der Waals surface area contributed by atoms with Crippen LogP contribution in [-0.2, 0) is 0 Å². The maximum atomic E-state index is 12.5. The lowest BCUT2D eigenvalue weighted by Gasteiger charge is -2.03. The second-order valence-electron chi connectivity index (χ2n) is 4.49. The van der Waals surface area contributed by atoms with Gasteiger partial charge in [-0.2, -0.15) is 0 Å². The average Bonchev–Trinajstić information content (AvgIpc) is 2.73. The molecule has 0 bridgehead atoms. The number of fused-ring (bicyclic) bond motifs is 1. The van der Waals surface area contributed by atoms with E-state index in [1.54, 1.807) is 18.2 Å².